The first kappa shape index (κ1) is 14.5. The number of fused-ring (bicyclic) bond motifs is 1. The first-order valence-corrected chi connectivity index (χ1v) is 7.59. The van der Waals surface area contributed by atoms with Crippen molar-refractivity contribution >= 4 is 34.4 Å². The Morgan fingerprint density at radius 1 is 1.45 bits per heavy atom. The number of anilines is 1. The maximum atomic E-state index is 11.9. The predicted octanol–water partition coefficient (Wildman–Crippen LogP) is 1.83. The molecule has 2 heterocycles. The van der Waals surface area contributed by atoms with Crippen molar-refractivity contribution in [2.75, 3.05) is 11.1 Å². The van der Waals surface area contributed by atoms with E-state index in [1.165, 1.54) is 6.20 Å². The number of nitrogens with zero attached hydrogens (tertiary/aromatic N) is 3. The zero-order valence-corrected chi connectivity index (χ0v) is 12.6. The van der Waals surface area contributed by atoms with Gasteiger partial charge in [-0.2, -0.15) is 10.2 Å². The van der Waals surface area contributed by atoms with Crippen LogP contribution in [0.25, 0.3) is 0 Å². The molecule has 8 heteroatoms. The number of azo groups is 1. The molecule has 0 fully saturated rings. The zero-order valence-electron chi connectivity index (χ0n) is 11.7. The number of hydrogen-bond donors (Lipinski definition) is 2. The number of amidine groups is 1. The smallest absolute Gasteiger partial charge is 0.258 e. The van der Waals surface area contributed by atoms with Gasteiger partial charge in [-0.1, -0.05) is 23.9 Å². The van der Waals surface area contributed by atoms with Crippen molar-refractivity contribution in [3.63, 3.8) is 0 Å². The number of carbonyl (C=O) groups is 2. The number of hydrogen-bond acceptors (Lipinski definition) is 6. The van der Waals surface area contributed by atoms with Crippen LogP contribution in [-0.4, -0.2) is 28.9 Å². The van der Waals surface area contributed by atoms with Crippen LogP contribution in [0.5, 0.6) is 0 Å². The third kappa shape index (κ3) is 3.22. The van der Waals surface area contributed by atoms with Gasteiger partial charge in [-0.05, 0) is 24.6 Å². The molecule has 0 radical (unpaired) electrons. The second-order valence-electron chi connectivity index (χ2n) is 4.78. The number of thioether (sulfide) groups is 1. The SMILES string of the molecule is Cc1cccc(NC(=O)CSC2=NC3N=NC=C3C(=O)N2)c1. The van der Waals surface area contributed by atoms with Gasteiger partial charge in [-0.15, -0.1) is 0 Å². The van der Waals surface area contributed by atoms with Gasteiger partial charge >= 0.3 is 0 Å². The molecule has 0 saturated heterocycles. The summed E-state index contributed by atoms with van der Waals surface area (Å²) in [6.45, 7) is 1.96. The summed E-state index contributed by atoms with van der Waals surface area (Å²) in [5.41, 5.74) is 2.24. The summed E-state index contributed by atoms with van der Waals surface area (Å²) in [7, 11) is 0. The summed E-state index contributed by atoms with van der Waals surface area (Å²) in [4.78, 5) is 27.9. The van der Waals surface area contributed by atoms with Crippen LogP contribution in [0, 0.1) is 6.92 Å². The van der Waals surface area contributed by atoms with Crippen LogP contribution in [0.2, 0.25) is 0 Å². The minimum absolute atomic E-state index is 0.149. The van der Waals surface area contributed by atoms with E-state index in [1.807, 2.05) is 31.2 Å². The number of rotatable bonds is 3. The number of carbonyl (C=O) groups excluding carboxylic acids is 2. The Kier molecular flexibility index (Phi) is 4.01. The number of amides is 2. The third-order valence-corrected chi connectivity index (χ3v) is 3.90. The van der Waals surface area contributed by atoms with Crippen LogP contribution >= 0.6 is 11.8 Å². The summed E-state index contributed by atoms with van der Waals surface area (Å²) in [6.07, 6.45) is 0.825. The van der Waals surface area contributed by atoms with Gasteiger partial charge in [0.1, 0.15) is 0 Å². The maximum absolute atomic E-state index is 11.9. The molecule has 0 bridgehead atoms. The molecule has 0 saturated carbocycles. The fourth-order valence-corrected chi connectivity index (χ4v) is 2.68. The van der Waals surface area contributed by atoms with E-state index in [1.54, 1.807) is 0 Å². The van der Waals surface area contributed by atoms with Crippen LogP contribution < -0.4 is 10.6 Å². The van der Waals surface area contributed by atoms with Gasteiger partial charge in [0, 0.05) is 5.69 Å². The lowest BCUT2D eigenvalue weighted by Gasteiger charge is -2.16. The summed E-state index contributed by atoms with van der Waals surface area (Å²) < 4.78 is 0. The van der Waals surface area contributed by atoms with Crippen LogP contribution in [0.4, 0.5) is 5.69 Å². The van der Waals surface area contributed by atoms with Gasteiger partial charge in [0.15, 0.2) is 11.3 Å². The molecular weight excluding hydrogens is 302 g/mol. The monoisotopic (exact) mass is 315 g/mol. The van der Waals surface area contributed by atoms with E-state index in [-0.39, 0.29) is 17.6 Å². The lowest BCUT2D eigenvalue weighted by Crippen LogP contribution is -2.38. The Hall–Kier alpha value is -2.48. The molecule has 1 aromatic carbocycles. The second kappa shape index (κ2) is 6.10. The molecule has 3 rings (SSSR count). The minimum Gasteiger partial charge on any atom is -0.325 e. The van der Waals surface area contributed by atoms with E-state index in [9.17, 15) is 9.59 Å². The van der Waals surface area contributed by atoms with E-state index in [2.05, 4.69) is 25.9 Å². The normalized spacial score (nSPS) is 19.1. The molecule has 0 aliphatic carbocycles. The van der Waals surface area contributed by atoms with Crippen LogP contribution in [0.3, 0.4) is 0 Å². The third-order valence-electron chi connectivity index (χ3n) is 3.02. The molecule has 2 amide bonds. The first-order chi connectivity index (χ1) is 10.6. The Balaban J connectivity index is 1.56. The number of aliphatic imine (C=N–C) groups is 1. The van der Waals surface area contributed by atoms with E-state index in [0.29, 0.717) is 10.7 Å². The standard InChI is InChI=1S/C14H13N5O2S/c1-8-3-2-4-9(5-8)16-11(20)7-22-14-17-12-10(6-15-19-12)13(21)18-14/h2-6,12H,7H2,1H3,(H,16,20)(H,17,18,21). The molecule has 2 N–H and O–H groups in total. The Labute approximate surface area is 131 Å². The van der Waals surface area contributed by atoms with Crippen molar-refractivity contribution < 1.29 is 9.59 Å². The average Bonchev–Trinajstić information content (AvgIpc) is 2.94. The van der Waals surface area contributed by atoms with Gasteiger partial charge in [0.25, 0.3) is 5.91 Å². The molecule has 22 heavy (non-hydrogen) atoms. The van der Waals surface area contributed by atoms with Crippen LogP contribution in [0.15, 0.2) is 51.3 Å². The van der Waals surface area contributed by atoms with E-state index < -0.39 is 6.17 Å². The van der Waals surface area contributed by atoms with Crippen molar-refractivity contribution in [1.29, 1.82) is 0 Å². The zero-order chi connectivity index (χ0) is 15.5. The highest BCUT2D eigenvalue weighted by Crippen LogP contribution is 2.22. The van der Waals surface area contributed by atoms with Crippen LogP contribution in [-0.2, 0) is 9.59 Å². The lowest BCUT2D eigenvalue weighted by molar-refractivity contribution is -0.116. The van der Waals surface area contributed by atoms with E-state index in [4.69, 9.17) is 0 Å². The molecule has 1 atom stereocenters. The fourth-order valence-electron chi connectivity index (χ4n) is 2.00. The molecule has 2 aliphatic heterocycles. The Morgan fingerprint density at radius 3 is 3.14 bits per heavy atom. The first-order valence-electron chi connectivity index (χ1n) is 6.60. The average molecular weight is 315 g/mol. The van der Waals surface area contributed by atoms with Gasteiger partial charge < -0.3 is 10.6 Å². The van der Waals surface area contributed by atoms with Gasteiger partial charge in [-0.3, -0.25) is 9.59 Å². The van der Waals surface area contributed by atoms with Gasteiger partial charge in [0.2, 0.25) is 5.91 Å². The summed E-state index contributed by atoms with van der Waals surface area (Å²) in [5, 5.41) is 13.3. The fraction of sp³-hybridized carbons (Fsp3) is 0.214. The van der Waals surface area contributed by atoms with Gasteiger partial charge in [-0.25, -0.2) is 4.99 Å². The van der Waals surface area contributed by atoms with Gasteiger partial charge in [0.05, 0.1) is 17.5 Å². The van der Waals surface area contributed by atoms with Crippen molar-refractivity contribution in [1.82, 2.24) is 5.32 Å². The molecule has 7 nitrogen and oxygen atoms in total. The largest absolute Gasteiger partial charge is 0.325 e. The van der Waals surface area contributed by atoms with E-state index >= 15 is 0 Å². The summed E-state index contributed by atoms with van der Waals surface area (Å²) in [5.74, 6) is -0.288. The van der Waals surface area contributed by atoms with Crippen molar-refractivity contribution in [2.45, 2.75) is 13.1 Å². The topological polar surface area (TPSA) is 95.3 Å². The highest BCUT2D eigenvalue weighted by molar-refractivity contribution is 8.14. The molecular formula is C14H13N5O2S. The highest BCUT2D eigenvalue weighted by Gasteiger charge is 2.29. The molecule has 112 valence electrons. The molecule has 2 aliphatic rings. The number of benzene rings is 1. The lowest BCUT2D eigenvalue weighted by atomic mass is 10.2. The maximum Gasteiger partial charge on any atom is 0.258 e. The number of nitrogens with one attached hydrogen (secondary N) is 2. The quantitative estimate of drug-likeness (QED) is 0.890. The summed E-state index contributed by atoms with van der Waals surface area (Å²) in [6, 6.07) is 7.55. The molecule has 0 spiro atoms. The summed E-state index contributed by atoms with van der Waals surface area (Å²) >= 11 is 1.16. The highest BCUT2D eigenvalue weighted by atomic mass is 32.2. The number of aryl methyl sites for hydroxylation is 1. The minimum atomic E-state index is -0.573. The van der Waals surface area contributed by atoms with Crippen molar-refractivity contribution in [3.05, 3.63) is 41.6 Å². The Morgan fingerprint density at radius 2 is 2.32 bits per heavy atom. The van der Waals surface area contributed by atoms with Crippen molar-refractivity contribution in [2.24, 2.45) is 15.2 Å². The molecule has 1 unspecified atom stereocenters. The van der Waals surface area contributed by atoms with Crippen LogP contribution in [0.1, 0.15) is 5.56 Å². The predicted molar refractivity (Wildman–Crippen MR) is 84.6 cm³/mol. The second-order valence-corrected chi connectivity index (χ2v) is 5.75. The van der Waals surface area contributed by atoms with E-state index in [0.717, 1.165) is 23.0 Å². The van der Waals surface area contributed by atoms with Crippen molar-refractivity contribution in [3.8, 4) is 0 Å². The molecule has 0 aromatic heterocycles. The molecule has 1 aromatic rings. The Bertz CT molecular complexity index is 726.